The summed E-state index contributed by atoms with van der Waals surface area (Å²) >= 11 is 0. The van der Waals surface area contributed by atoms with E-state index in [1.54, 1.807) is 20.5 Å². The molecule has 1 heterocycles. The molecule has 0 fully saturated rings. The van der Waals surface area contributed by atoms with Gasteiger partial charge in [0.05, 0.1) is 7.11 Å². The molecule has 1 aromatic carbocycles. The molecule has 0 saturated carbocycles. The summed E-state index contributed by atoms with van der Waals surface area (Å²) in [6, 6.07) is 7.96. The zero-order valence-corrected chi connectivity index (χ0v) is 16.7. The molecule has 2 aromatic rings. The number of ether oxygens (including phenoxy) is 1. The van der Waals surface area contributed by atoms with Gasteiger partial charge in [0.25, 0.3) is 0 Å². The van der Waals surface area contributed by atoms with Crippen LogP contribution in [0.5, 0.6) is 5.75 Å². The van der Waals surface area contributed by atoms with Crippen LogP contribution in [-0.2, 0) is 19.5 Å². The van der Waals surface area contributed by atoms with E-state index in [4.69, 9.17) is 4.74 Å². The lowest BCUT2D eigenvalue weighted by Gasteiger charge is -2.13. The van der Waals surface area contributed by atoms with Crippen molar-refractivity contribution in [1.29, 1.82) is 0 Å². The number of aryl methyl sites for hydroxylation is 1. The summed E-state index contributed by atoms with van der Waals surface area (Å²) in [7, 11) is 3.43. The summed E-state index contributed by atoms with van der Waals surface area (Å²) in [5, 5.41) is 14.6. The van der Waals surface area contributed by atoms with Crippen molar-refractivity contribution in [2.45, 2.75) is 26.4 Å². The normalized spacial score (nSPS) is 10.9. The van der Waals surface area contributed by atoms with Gasteiger partial charge in [-0.15, -0.1) is 34.2 Å². The molecule has 2 N–H and O–H groups in total. The minimum atomic E-state index is 0. The first kappa shape index (κ1) is 20.2. The van der Waals surface area contributed by atoms with Crippen LogP contribution in [0, 0.1) is 0 Å². The Morgan fingerprint density at radius 1 is 1.25 bits per heavy atom. The molecule has 0 radical (unpaired) electrons. The summed E-state index contributed by atoms with van der Waals surface area (Å²) in [6.07, 6.45) is 2.64. The molecular weight excluding hydrogens is 419 g/mol. The van der Waals surface area contributed by atoms with Crippen molar-refractivity contribution in [3.8, 4) is 5.75 Å². The monoisotopic (exact) mass is 444 g/mol. The molecule has 0 atom stereocenters. The molecular formula is C16H25IN6O. The van der Waals surface area contributed by atoms with E-state index in [-0.39, 0.29) is 24.0 Å². The van der Waals surface area contributed by atoms with Crippen LogP contribution in [0.2, 0.25) is 0 Å². The smallest absolute Gasteiger partial charge is 0.191 e. The molecule has 8 heteroatoms. The number of hydrogen-bond donors (Lipinski definition) is 2. The molecule has 24 heavy (non-hydrogen) atoms. The van der Waals surface area contributed by atoms with Crippen molar-refractivity contribution in [3.05, 3.63) is 42.0 Å². The maximum absolute atomic E-state index is 5.15. The summed E-state index contributed by atoms with van der Waals surface area (Å²) in [6.45, 7) is 4.34. The molecule has 0 aliphatic heterocycles. The maximum atomic E-state index is 5.15. The van der Waals surface area contributed by atoms with Crippen molar-refractivity contribution < 1.29 is 4.74 Å². The Kier molecular flexibility index (Phi) is 9.13. The highest BCUT2D eigenvalue weighted by atomic mass is 127. The predicted molar refractivity (Wildman–Crippen MR) is 106 cm³/mol. The van der Waals surface area contributed by atoms with E-state index in [0.717, 1.165) is 37.0 Å². The summed E-state index contributed by atoms with van der Waals surface area (Å²) in [5.41, 5.74) is 1.17. The first-order chi connectivity index (χ1) is 11.3. The highest BCUT2D eigenvalue weighted by molar-refractivity contribution is 14.0. The van der Waals surface area contributed by atoms with Crippen molar-refractivity contribution in [1.82, 2.24) is 25.4 Å². The Labute approximate surface area is 159 Å². The summed E-state index contributed by atoms with van der Waals surface area (Å²) in [5.74, 6) is 2.62. The number of guanidine groups is 1. The molecule has 0 aliphatic carbocycles. The zero-order chi connectivity index (χ0) is 16.5. The standard InChI is InChI=1S/C16H24N6O.HI/c1-4-15-21-20-12-22(15)10-9-18-16(17-2)19-11-13-5-7-14(23-3)8-6-13;/h5-8,12H,4,9-11H2,1-3H3,(H2,17,18,19);1H. The number of halogens is 1. The first-order valence-electron chi connectivity index (χ1n) is 7.71. The van der Waals surface area contributed by atoms with Gasteiger partial charge in [-0.05, 0) is 17.7 Å². The average Bonchev–Trinajstić information content (AvgIpc) is 3.05. The Bertz CT molecular complexity index is 626. The van der Waals surface area contributed by atoms with Gasteiger partial charge in [-0.1, -0.05) is 19.1 Å². The zero-order valence-electron chi connectivity index (χ0n) is 14.3. The van der Waals surface area contributed by atoms with Gasteiger partial charge >= 0.3 is 0 Å². The van der Waals surface area contributed by atoms with E-state index in [1.165, 1.54) is 5.56 Å². The van der Waals surface area contributed by atoms with Crippen LogP contribution in [-0.4, -0.2) is 41.4 Å². The van der Waals surface area contributed by atoms with E-state index in [1.807, 2.05) is 28.8 Å². The lowest BCUT2D eigenvalue weighted by atomic mass is 10.2. The molecule has 7 nitrogen and oxygen atoms in total. The second-order valence-electron chi connectivity index (χ2n) is 4.99. The molecule has 0 aliphatic rings. The van der Waals surface area contributed by atoms with E-state index in [9.17, 15) is 0 Å². The maximum Gasteiger partial charge on any atom is 0.191 e. The molecule has 0 amide bonds. The van der Waals surface area contributed by atoms with Crippen LogP contribution in [0.25, 0.3) is 0 Å². The SMILES string of the molecule is CCc1nncn1CCNC(=NC)NCc1ccc(OC)cc1.I. The highest BCUT2D eigenvalue weighted by Gasteiger charge is 2.02. The molecule has 132 valence electrons. The second-order valence-corrected chi connectivity index (χ2v) is 4.99. The third-order valence-electron chi connectivity index (χ3n) is 3.50. The molecule has 0 spiro atoms. The number of nitrogens with zero attached hydrogens (tertiary/aromatic N) is 4. The second kappa shape index (κ2) is 10.8. The van der Waals surface area contributed by atoms with Gasteiger partial charge in [0.15, 0.2) is 5.96 Å². The Morgan fingerprint density at radius 2 is 2.00 bits per heavy atom. The number of hydrogen-bond acceptors (Lipinski definition) is 4. The molecule has 0 bridgehead atoms. The van der Waals surface area contributed by atoms with Crippen LogP contribution < -0.4 is 15.4 Å². The van der Waals surface area contributed by atoms with Crippen LogP contribution in [0.4, 0.5) is 0 Å². The molecule has 0 unspecified atom stereocenters. The van der Waals surface area contributed by atoms with Crippen LogP contribution >= 0.6 is 24.0 Å². The number of nitrogens with one attached hydrogen (secondary N) is 2. The van der Waals surface area contributed by atoms with Crippen LogP contribution in [0.3, 0.4) is 0 Å². The fraction of sp³-hybridized carbons (Fsp3) is 0.438. The average molecular weight is 444 g/mol. The minimum absolute atomic E-state index is 0. The van der Waals surface area contributed by atoms with Crippen molar-refractivity contribution in [2.24, 2.45) is 4.99 Å². The molecule has 0 saturated heterocycles. The molecule has 1 aromatic heterocycles. The van der Waals surface area contributed by atoms with E-state index >= 15 is 0 Å². The third kappa shape index (κ3) is 5.99. The van der Waals surface area contributed by atoms with E-state index in [0.29, 0.717) is 6.54 Å². The van der Waals surface area contributed by atoms with E-state index in [2.05, 4.69) is 32.7 Å². The lowest BCUT2D eigenvalue weighted by Crippen LogP contribution is -2.38. The third-order valence-corrected chi connectivity index (χ3v) is 3.50. The Morgan fingerprint density at radius 3 is 2.62 bits per heavy atom. The fourth-order valence-corrected chi connectivity index (χ4v) is 2.18. The topological polar surface area (TPSA) is 76.4 Å². The first-order valence-corrected chi connectivity index (χ1v) is 7.71. The van der Waals surface area contributed by atoms with Gasteiger partial charge < -0.3 is 19.9 Å². The van der Waals surface area contributed by atoms with Crippen molar-refractivity contribution in [3.63, 3.8) is 0 Å². The number of rotatable bonds is 7. The number of benzene rings is 1. The van der Waals surface area contributed by atoms with Gasteiger partial charge in [0, 0.05) is 33.1 Å². The summed E-state index contributed by atoms with van der Waals surface area (Å²) < 4.78 is 7.20. The Balaban J connectivity index is 0.00000288. The van der Waals surface area contributed by atoms with Crippen LogP contribution in [0.1, 0.15) is 18.3 Å². The fourth-order valence-electron chi connectivity index (χ4n) is 2.18. The highest BCUT2D eigenvalue weighted by Crippen LogP contribution is 2.10. The summed E-state index contributed by atoms with van der Waals surface area (Å²) in [4.78, 5) is 4.23. The van der Waals surface area contributed by atoms with Crippen molar-refractivity contribution >= 4 is 29.9 Å². The predicted octanol–water partition coefficient (Wildman–Crippen LogP) is 1.83. The lowest BCUT2D eigenvalue weighted by molar-refractivity contribution is 0.414. The Hall–Kier alpha value is -1.84. The number of aliphatic imine (C=N–C) groups is 1. The quantitative estimate of drug-likeness (QED) is 0.387. The number of methoxy groups -OCH3 is 1. The van der Waals surface area contributed by atoms with Crippen molar-refractivity contribution in [2.75, 3.05) is 20.7 Å². The number of aromatic nitrogens is 3. The van der Waals surface area contributed by atoms with Crippen LogP contribution in [0.15, 0.2) is 35.6 Å². The minimum Gasteiger partial charge on any atom is -0.497 e. The van der Waals surface area contributed by atoms with Gasteiger partial charge in [-0.3, -0.25) is 4.99 Å². The van der Waals surface area contributed by atoms with Gasteiger partial charge in [-0.25, -0.2) is 0 Å². The van der Waals surface area contributed by atoms with Gasteiger partial charge in [0.2, 0.25) is 0 Å². The largest absolute Gasteiger partial charge is 0.497 e. The van der Waals surface area contributed by atoms with Gasteiger partial charge in [0.1, 0.15) is 17.9 Å². The van der Waals surface area contributed by atoms with E-state index < -0.39 is 0 Å². The molecule has 2 rings (SSSR count). The van der Waals surface area contributed by atoms with Gasteiger partial charge in [-0.2, -0.15) is 0 Å².